The van der Waals surface area contributed by atoms with Crippen molar-refractivity contribution in [1.82, 2.24) is 10.6 Å². The Kier molecular flexibility index (Phi) is 3.97. The van der Waals surface area contributed by atoms with Crippen molar-refractivity contribution >= 4 is 0 Å². The van der Waals surface area contributed by atoms with Crippen LogP contribution in [0.2, 0.25) is 0 Å². The summed E-state index contributed by atoms with van der Waals surface area (Å²) in [5.74, 6) is 0.628. The molecule has 0 amide bonds. The van der Waals surface area contributed by atoms with E-state index in [9.17, 15) is 0 Å². The summed E-state index contributed by atoms with van der Waals surface area (Å²) in [4.78, 5) is 0. The van der Waals surface area contributed by atoms with Crippen LogP contribution in [-0.2, 0) is 6.42 Å². The molecule has 1 aromatic rings. The Morgan fingerprint density at radius 2 is 1.94 bits per heavy atom. The van der Waals surface area contributed by atoms with Gasteiger partial charge in [0.05, 0.1) is 0 Å². The zero-order valence-electron chi connectivity index (χ0n) is 10.3. The van der Waals surface area contributed by atoms with Crippen LogP contribution in [0.25, 0.3) is 0 Å². The number of piperazine rings is 1. The molecule has 1 aliphatic rings. The Balaban J connectivity index is 1.93. The first-order chi connectivity index (χ1) is 7.75. The fourth-order valence-electron chi connectivity index (χ4n) is 2.18. The van der Waals surface area contributed by atoms with Crippen molar-refractivity contribution in [3.8, 4) is 0 Å². The maximum absolute atomic E-state index is 3.54. The SMILES string of the molecule is CC(C)c1ccc(C[C@H]2CNCCN2)cc1. The van der Waals surface area contributed by atoms with E-state index in [1.807, 2.05) is 0 Å². The summed E-state index contributed by atoms with van der Waals surface area (Å²) in [7, 11) is 0. The molecule has 0 radical (unpaired) electrons. The maximum Gasteiger partial charge on any atom is 0.0233 e. The molecule has 88 valence electrons. The molecule has 0 aliphatic carbocycles. The Labute approximate surface area is 98.4 Å². The van der Waals surface area contributed by atoms with Gasteiger partial charge >= 0.3 is 0 Å². The molecule has 1 saturated heterocycles. The maximum atomic E-state index is 3.54. The van der Waals surface area contributed by atoms with Crippen LogP contribution in [0.15, 0.2) is 24.3 Å². The van der Waals surface area contributed by atoms with Crippen molar-refractivity contribution in [2.75, 3.05) is 19.6 Å². The second kappa shape index (κ2) is 5.46. The van der Waals surface area contributed by atoms with Gasteiger partial charge in [-0.2, -0.15) is 0 Å². The van der Waals surface area contributed by atoms with Gasteiger partial charge in [0.25, 0.3) is 0 Å². The highest BCUT2D eigenvalue weighted by Crippen LogP contribution is 2.15. The summed E-state index contributed by atoms with van der Waals surface area (Å²) in [6.07, 6.45) is 1.13. The van der Waals surface area contributed by atoms with Gasteiger partial charge < -0.3 is 10.6 Å². The van der Waals surface area contributed by atoms with Crippen LogP contribution >= 0.6 is 0 Å². The zero-order valence-corrected chi connectivity index (χ0v) is 10.3. The Morgan fingerprint density at radius 1 is 1.19 bits per heavy atom. The lowest BCUT2D eigenvalue weighted by molar-refractivity contribution is 0.416. The van der Waals surface area contributed by atoms with Crippen molar-refractivity contribution in [3.63, 3.8) is 0 Å². The van der Waals surface area contributed by atoms with Crippen LogP contribution in [0.4, 0.5) is 0 Å². The third kappa shape index (κ3) is 3.06. The second-order valence-electron chi connectivity index (χ2n) is 4.96. The van der Waals surface area contributed by atoms with Crippen molar-refractivity contribution in [2.24, 2.45) is 0 Å². The molecule has 0 spiro atoms. The summed E-state index contributed by atoms with van der Waals surface area (Å²) in [6.45, 7) is 7.76. The average Bonchev–Trinajstić information content (AvgIpc) is 2.31. The van der Waals surface area contributed by atoms with E-state index in [0.29, 0.717) is 12.0 Å². The molecule has 0 bridgehead atoms. The largest absolute Gasteiger partial charge is 0.314 e. The van der Waals surface area contributed by atoms with Crippen LogP contribution in [0.5, 0.6) is 0 Å². The van der Waals surface area contributed by atoms with E-state index < -0.39 is 0 Å². The summed E-state index contributed by atoms with van der Waals surface area (Å²) >= 11 is 0. The number of nitrogens with one attached hydrogen (secondary N) is 2. The van der Waals surface area contributed by atoms with Crippen molar-refractivity contribution in [1.29, 1.82) is 0 Å². The third-order valence-corrected chi connectivity index (χ3v) is 3.25. The molecule has 1 aliphatic heterocycles. The smallest absolute Gasteiger partial charge is 0.0233 e. The molecule has 0 aromatic heterocycles. The molecular formula is C14H22N2. The van der Waals surface area contributed by atoms with E-state index in [-0.39, 0.29) is 0 Å². The van der Waals surface area contributed by atoms with Gasteiger partial charge in [-0.15, -0.1) is 0 Å². The number of benzene rings is 1. The molecule has 1 heterocycles. The Hall–Kier alpha value is -0.860. The second-order valence-corrected chi connectivity index (χ2v) is 4.96. The van der Waals surface area contributed by atoms with Crippen molar-refractivity contribution in [2.45, 2.75) is 32.2 Å². The summed E-state index contributed by atoms with van der Waals surface area (Å²) in [5, 5.41) is 6.96. The minimum Gasteiger partial charge on any atom is -0.314 e. The highest BCUT2D eigenvalue weighted by molar-refractivity contribution is 5.25. The molecule has 1 atom stereocenters. The van der Waals surface area contributed by atoms with Crippen LogP contribution in [0, 0.1) is 0 Å². The number of hydrogen-bond acceptors (Lipinski definition) is 2. The first-order valence-corrected chi connectivity index (χ1v) is 6.28. The molecule has 1 aromatic carbocycles. The van der Waals surface area contributed by atoms with E-state index in [4.69, 9.17) is 0 Å². The first-order valence-electron chi connectivity index (χ1n) is 6.28. The predicted molar refractivity (Wildman–Crippen MR) is 68.9 cm³/mol. The average molecular weight is 218 g/mol. The minimum absolute atomic E-state index is 0.596. The molecule has 16 heavy (non-hydrogen) atoms. The quantitative estimate of drug-likeness (QED) is 0.810. The van der Waals surface area contributed by atoms with Gasteiger partial charge in [-0.3, -0.25) is 0 Å². The Morgan fingerprint density at radius 3 is 2.50 bits per heavy atom. The van der Waals surface area contributed by atoms with Gasteiger partial charge in [-0.05, 0) is 23.5 Å². The summed E-state index contributed by atoms with van der Waals surface area (Å²) in [5.41, 5.74) is 2.86. The van der Waals surface area contributed by atoms with Gasteiger partial charge in [0, 0.05) is 25.7 Å². The van der Waals surface area contributed by atoms with Gasteiger partial charge in [0.1, 0.15) is 0 Å². The van der Waals surface area contributed by atoms with Gasteiger partial charge in [0.2, 0.25) is 0 Å². The van der Waals surface area contributed by atoms with Crippen LogP contribution in [0.1, 0.15) is 30.9 Å². The van der Waals surface area contributed by atoms with Crippen molar-refractivity contribution in [3.05, 3.63) is 35.4 Å². The molecule has 0 saturated carbocycles. The number of hydrogen-bond donors (Lipinski definition) is 2. The molecule has 2 rings (SSSR count). The Bertz CT molecular complexity index is 310. The van der Waals surface area contributed by atoms with Crippen molar-refractivity contribution < 1.29 is 0 Å². The van der Waals surface area contributed by atoms with Gasteiger partial charge in [-0.25, -0.2) is 0 Å². The highest BCUT2D eigenvalue weighted by atomic mass is 15.0. The lowest BCUT2D eigenvalue weighted by Gasteiger charge is -2.24. The predicted octanol–water partition coefficient (Wildman–Crippen LogP) is 1.91. The zero-order chi connectivity index (χ0) is 11.4. The van der Waals surface area contributed by atoms with Gasteiger partial charge in [0.15, 0.2) is 0 Å². The van der Waals surface area contributed by atoms with E-state index in [1.54, 1.807) is 0 Å². The molecule has 1 fully saturated rings. The standard InChI is InChI=1S/C14H22N2/c1-11(2)13-5-3-12(4-6-13)9-14-10-15-7-8-16-14/h3-6,11,14-16H,7-10H2,1-2H3/t14-/m0/s1. The summed E-state index contributed by atoms with van der Waals surface area (Å²) in [6, 6.07) is 9.66. The van der Waals surface area contributed by atoms with Crippen LogP contribution in [-0.4, -0.2) is 25.7 Å². The van der Waals surface area contributed by atoms with Crippen LogP contribution in [0.3, 0.4) is 0 Å². The van der Waals surface area contributed by atoms with Crippen LogP contribution < -0.4 is 10.6 Å². The molecule has 0 unspecified atom stereocenters. The molecule has 2 nitrogen and oxygen atoms in total. The lowest BCUT2D eigenvalue weighted by Crippen LogP contribution is -2.49. The number of rotatable bonds is 3. The molecular weight excluding hydrogens is 196 g/mol. The van der Waals surface area contributed by atoms with E-state index in [1.165, 1.54) is 11.1 Å². The monoisotopic (exact) mass is 218 g/mol. The van der Waals surface area contributed by atoms with E-state index in [2.05, 4.69) is 48.7 Å². The lowest BCUT2D eigenvalue weighted by atomic mass is 9.99. The normalized spacial score (nSPS) is 21.3. The minimum atomic E-state index is 0.596. The first kappa shape index (κ1) is 11.6. The topological polar surface area (TPSA) is 24.1 Å². The third-order valence-electron chi connectivity index (χ3n) is 3.25. The molecule has 2 heteroatoms. The fourth-order valence-corrected chi connectivity index (χ4v) is 2.18. The highest BCUT2D eigenvalue weighted by Gasteiger charge is 2.12. The summed E-state index contributed by atoms with van der Waals surface area (Å²) < 4.78 is 0. The van der Waals surface area contributed by atoms with E-state index >= 15 is 0 Å². The molecule has 2 N–H and O–H groups in total. The fraction of sp³-hybridized carbons (Fsp3) is 0.571. The van der Waals surface area contributed by atoms with Gasteiger partial charge in [-0.1, -0.05) is 38.1 Å². The van der Waals surface area contributed by atoms with E-state index in [0.717, 1.165) is 26.1 Å².